The fourth-order valence-corrected chi connectivity index (χ4v) is 4.69. The van der Waals surface area contributed by atoms with Gasteiger partial charge in [0.05, 0.1) is 31.7 Å². The number of aliphatic hydroxyl groups excluding tert-OH is 4. The van der Waals surface area contributed by atoms with Crippen molar-refractivity contribution < 1.29 is 59.1 Å². The van der Waals surface area contributed by atoms with Crippen LogP contribution < -0.4 is 37.6 Å². The standard InChI is InChI=1S/C31H53N9O12/c1-13(2)7-19(27(47)39-23(15(5)43)30(50)37-21(11-42)31(51)52)35-26(46)20(8-17-9-33-12-34-17)36-29(49)24(16(6)44)40-28(48)22(14(3)4)38-25(45)18(32)10-41/h9,12-16,18-24,41-44H,7-8,10-11,32H2,1-6H3,(H,33,34)(H,35,46)(H,36,49)(H,37,50)(H,38,45)(H,39,47)(H,40,48)(H,51,52)/t15-,16-,18+,19+,20+,21+,22+,23+,24+/m1/s1. The van der Waals surface area contributed by atoms with Crippen molar-refractivity contribution in [2.24, 2.45) is 17.6 Å². The maximum Gasteiger partial charge on any atom is 0.328 e. The SMILES string of the molecule is CC(C)C[C@H](NC(=O)[C@H](Cc1cnc[nH]1)NC(=O)[C@@H](NC(=O)[C@@H](NC(=O)[C@@H](N)CO)C(C)C)[C@@H](C)O)C(=O)N[C@H](C(=O)N[C@@H](CO)C(=O)O)[C@@H](C)O. The van der Waals surface area contributed by atoms with Gasteiger partial charge in [0.1, 0.15) is 42.3 Å². The second kappa shape index (κ2) is 21.6. The van der Waals surface area contributed by atoms with E-state index in [0.29, 0.717) is 5.69 Å². The molecule has 0 fully saturated rings. The van der Waals surface area contributed by atoms with E-state index in [1.54, 1.807) is 27.7 Å². The van der Waals surface area contributed by atoms with E-state index in [9.17, 15) is 54.0 Å². The van der Waals surface area contributed by atoms with Crippen molar-refractivity contribution in [2.45, 2.75) is 109 Å². The van der Waals surface area contributed by atoms with Gasteiger partial charge in [-0.3, -0.25) is 28.8 Å². The molecule has 9 atom stereocenters. The molecule has 1 rings (SSSR count). The average Bonchev–Trinajstić information content (AvgIpc) is 3.58. The summed E-state index contributed by atoms with van der Waals surface area (Å²) in [6.45, 7) is 7.36. The lowest BCUT2D eigenvalue weighted by Crippen LogP contribution is -2.63. The molecule has 0 bridgehead atoms. The van der Waals surface area contributed by atoms with Crippen LogP contribution in [-0.2, 0) is 40.0 Å². The Kier molecular flexibility index (Phi) is 18.8. The summed E-state index contributed by atoms with van der Waals surface area (Å²) in [6.07, 6.45) is -0.585. The van der Waals surface area contributed by atoms with Crippen LogP contribution in [0.1, 0.15) is 53.7 Å². The number of aliphatic hydroxyl groups is 4. The van der Waals surface area contributed by atoms with Crippen LogP contribution >= 0.6 is 0 Å². The van der Waals surface area contributed by atoms with Gasteiger partial charge in [-0.05, 0) is 32.1 Å². The zero-order valence-corrected chi connectivity index (χ0v) is 30.0. The summed E-state index contributed by atoms with van der Waals surface area (Å²) in [6, 6.07) is -10.4. The fraction of sp³-hybridized carbons (Fsp3) is 0.677. The summed E-state index contributed by atoms with van der Waals surface area (Å²) in [5, 5.41) is 62.3. The summed E-state index contributed by atoms with van der Waals surface area (Å²) in [4.78, 5) is 96.9. The first-order chi connectivity index (χ1) is 24.2. The van der Waals surface area contributed by atoms with Gasteiger partial charge in [-0.25, -0.2) is 9.78 Å². The Labute approximate surface area is 300 Å². The highest BCUT2D eigenvalue weighted by Gasteiger charge is 2.36. The van der Waals surface area contributed by atoms with Crippen molar-refractivity contribution in [3.63, 3.8) is 0 Å². The number of hydrogen-bond acceptors (Lipinski definition) is 13. The molecule has 0 aromatic carbocycles. The molecule has 0 unspecified atom stereocenters. The third kappa shape index (κ3) is 14.5. The number of aromatic amines is 1. The van der Waals surface area contributed by atoms with Crippen LogP contribution in [0.25, 0.3) is 0 Å². The monoisotopic (exact) mass is 743 g/mol. The number of carboxylic acids is 1. The molecule has 21 nitrogen and oxygen atoms in total. The smallest absolute Gasteiger partial charge is 0.328 e. The van der Waals surface area contributed by atoms with Crippen LogP contribution in [0.2, 0.25) is 0 Å². The zero-order chi connectivity index (χ0) is 39.9. The summed E-state index contributed by atoms with van der Waals surface area (Å²) in [5.41, 5.74) is 5.91. The number of nitrogens with two attached hydrogens (primary N) is 1. The van der Waals surface area contributed by atoms with E-state index in [4.69, 9.17) is 10.8 Å². The lowest BCUT2D eigenvalue weighted by Gasteiger charge is -2.29. The number of aromatic nitrogens is 2. The molecule has 21 heteroatoms. The number of carbonyl (C=O) groups excluding carboxylic acids is 6. The van der Waals surface area contributed by atoms with Gasteiger partial charge >= 0.3 is 5.97 Å². The van der Waals surface area contributed by atoms with Crippen molar-refractivity contribution >= 4 is 41.4 Å². The molecular weight excluding hydrogens is 690 g/mol. The summed E-state index contributed by atoms with van der Waals surface area (Å²) in [5.74, 6) is -8.00. The molecule has 14 N–H and O–H groups in total. The second-order valence-electron chi connectivity index (χ2n) is 13.1. The third-order valence-electron chi connectivity index (χ3n) is 7.65. The van der Waals surface area contributed by atoms with E-state index in [1.165, 1.54) is 19.4 Å². The van der Waals surface area contributed by atoms with Gasteiger partial charge < -0.3 is 68.2 Å². The van der Waals surface area contributed by atoms with E-state index in [0.717, 1.165) is 6.92 Å². The summed E-state index contributed by atoms with van der Waals surface area (Å²) in [7, 11) is 0. The minimum absolute atomic E-state index is 0.000553. The molecule has 0 aliphatic carbocycles. The van der Waals surface area contributed by atoms with Crippen LogP contribution in [-0.4, -0.2) is 145 Å². The zero-order valence-electron chi connectivity index (χ0n) is 30.0. The Morgan fingerprint density at radius 2 is 1.13 bits per heavy atom. The molecule has 0 aliphatic rings. The largest absolute Gasteiger partial charge is 0.480 e. The van der Waals surface area contributed by atoms with Gasteiger partial charge in [0, 0.05) is 18.3 Å². The highest BCUT2D eigenvalue weighted by atomic mass is 16.4. The molecule has 1 aromatic heterocycles. The predicted octanol–water partition coefficient (Wildman–Crippen LogP) is -5.28. The van der Waals surface area contributed by atoms with Crippen molar-refractivity contribution in [2.75, 3.05) is 13.2 Å². The van der Waals surface area contributed by atoms with Crippen LogP contribution in [0.4, 0.5) is 0 Å². The van der Waals surface area contributed by atoms with Gasteiger partial charge in [0.15, 0.2) is 0 Å². The van der Waals surface area contributed by atoms with E-state index >= 15 is 0 Å². The highest BCUT2D eigenvalue weighted by Crippen LogP contribution is 2.10. The average molecular weight is 744 g/mol. The summed E-state index contributed by atoms with van der Waals surface area (Å²) < 4.78 is 0. The fourth-order valence-electron chi connectivity index (χ4n) is 4.69. The molecular formula is C31H53N9O12. The third-order valence-corrected chi connectivity index (χ3v) is 7.65. The highest BCUT2D eigenvalue weighted by molar-refractivity contribution is 5.97. The number of carboxylic acid groups (broad SMARTS) is 1. The van der Waals surface area contributed by atoms with Crippen molar-refractivity contribution in [1.29, 1.82) is 0 Å². The molecule has 1 aromatic rings. The predicted molar refractivity (Wildman–Crippen MR) is 181 cm³/mol. The molecule has 52 heavy (non-hydrogen) atoms. The number of amides is 6. The topological polar surface area (TPSA) is 348 Å². The lowest BCUT2D eigenvalue weighted by molar-refractivity contribution is -0.144. The molecule has 1 heterocycles. The molecule has 0 saturated carbocycles. The molecule has 6 amide bonds. The van der Waals surface area contributed by atoms with Crippen molar-refractivity contribution in [3.8, 4) is 0 Å². The first-order valence-electron chi connectivity index (χ1n) is 16.6. The van der Waals surface area contributed by atoms with Gasteiger partial charge in [0.25, 0.3) is 0 Å². The Bertz CT molecular complexity index is 1360. The number of hydrogen-bond donors (Lipinski definition) is 13. The Hall–Kier alpha value is -4.70. The summed E-state index contributed by atoms with van der Waals surface area (Å²) >= 11 is 0. The first kappa shape index (κ1) is 45.3. The lowest BCUT2D eigenvalue weighted by atomic mass is 10.0. The van der Waals surface area contributed by atoms with E-state index in [2.05, 4.69) is 36.6 Å². The van der Waals surface area contributed by atoms with Gasteiger partial charge in [-0.2, -0.15) is 0 Å². The number of aliphatic carboxylic acids is 1. The molecule has 294 valence electrons. The molecule has 0 aliphatic heterocycles. The maximum atomic E-state index is 13.7. The molecule has 0 spiro atoms. The Morgan fingerprint density at radius 1 is 0.673 bits per heavy atom. The number of rotatable bonds is 22. The van der Waals surface area contributed by atoms with Crippen LogP contribution in [0, 0.1) is 11.8 Å². The quantitative estimate of drug-likeness (QED) is 0.0528. The second-order valence-corrected chi connectivity index (χ2v) is 13.1. The maximum absolute atomic E-state index is 13.7. The molecule has 0 saturated heterocycles. The Morgan fingerprint density at radius 3 is 1.56 bits per heavy atom. The molecule has 0 radical (unpaired) electrons. The van der Waals surface area contributed by atoms with Crippen molar-refractivity contribution in [1.82, 2.24) is 41.9 Å². The van der Waals surface area contributed by atoms with Crippen LogP contribution in [0.15, 0.2) is 12.5 Å². The number of H-pyrrole nitrogens is 1. The van der Waals surface area contributed by atoms with E-state index in [-0.39, 0.29) is 18.8 Å². The number of nitrogens with one attached hydrogen (secondary N) is 7. The van der Waals surface area contributed by atoms with Gasteiger partial charge in [-0.15, -0.1) is 0 Å². The minimum atomic E-state index is -1.72. The normalized spacial score (nSPS) is 16.6. The van der Waals surface area contributed by atoms with Gasteiger partial charge in [0.2, 0.25) is 35.4 Å². The van der Waals surface area contributed by atoms with Crippen LogP contribution in [0.3, 0.4) is 0 Å². The Balaban J connectivity index is 3.32. The first-order valence-corrected chi connectivity index (χ1v) is 16.6. The number of nitrogens with zero attached hydrogens (tertiary/aromatic N) is 1. The van der Waals surface area contributed by atoms with Gasteiger partial charge in [-0.1, -0.05) is 27.7 Å². The number of imidazole rings is 1. The number of carbonyl (C=O) groups is 7. The van der Waals surface area contributed by atoms with Crippen LogP contribution in [0.5, 0.6) is 0 Å². The van der Waals surface area contributed by atoms with E-state index < -0.39 is 115 Å². The van der Waals surface area contributed by atoms with E-state index in [1.807, 2.05) is 5.32 Å². The van der Waals surface area contributed by atoms with Crippen molar-refractivity contribution in [3.05, 3.63) is 18.2 Å². The minimum Gasteiger partial charge on any atom is -0.480 e.